The van der Waals surface area contributed by atoms with Gasteiger partial charge in [-0.1, -0.05) is 30.4 Å². The van der Waals surface area contributed by atoms with Crippen molar-refractivity contribution in [3.8, 4) is 0 Å². The highest BCUT2D eigenvalue weighted by Crippen LogP contribution is 2.20. The Kier molecular flexibility index (Phi) is 4.43. The molecule has 0 spiro atoms. The number of anilines is 1. The first-order chi connectivity index (χ1) is 10.0. The van der Waals surface area contributed by atoms with Gasteiger partial charge in [-0.3, -0.25) is 0 Å². The lowest BCUT2D eigenvalue weighted by atomic mass is 10.1. The van der Waals surface area contributed by atoms with Gasteiger partial charge in [-0.15, -0.1) is 0 Å². The zero-order valence-electron chi connectivity index (χ0n) is 11.9. The van der Waals surface area contributed by atoms with E-state index in [1.54, 1.807) is 38.3 Å². The second-order valence-corrected chi connectivity index (χ2v) is 4.72. The summed E-state index contributed by atoms with van der Waals surface area (Å²) in [6, 6.07) is 9.96. The Hall–Kier alpha value is -2.56. The molecule has 0 amide bonds. The van der Waals surface area contributed by atoms with E-state index in [4.69, 9.17) is 5.11 Å². The van der Waals surface area contributed by atoms with Crippen molar-refractivity contribution in [1.82, 2.24) is 0 Å². The van der Waals surface area contributed by atoms with Gasteiger partial charge in [-0.25, -0.2) is 9.18 Å². The van der Waals surface area contributed by atoms with Gasteiger partial charge in [0, 0.05) is 11.3 Å². The predicted molar refractivity (Wildman–Crippen MR) is 85.6 cm³/mol. The second-order valence-electron chi connectivity index (χ2n) is 4.72. The largest absolute Gasteiger partial charge is 0.478 e. The molecule has 0 aliphatic rings. The number of halogens is 1. The zero-order valence-corrected chi connectivity index (χ0v) is 11.9. The van der Waals surface area contributed by atoms with Crippen LogP contribution >= 0.6 is 0 Å². The Bertz CT molecular complexity index is 713. The molecule has 0 heterocycles. The molecule has 0 radical (unpaired) electrons. The molecular formula is C16H15BFNO2. The fourth-order valence-electron chi connectivity index (χ4n) is 2.01. The van der Waals surface area contributed by atoms with Crippen LogP contribution in [0.25, 0.3) is 12.2 Å². The van der Waals surface area contributed by atoms with Crippen molar-refractivity contribution in [1.29, 1.82) is 0 Å². The number of carboxylic acids is 1. The monoisotopic (exact) mass is 283 g/mol. The molecule has 0 saturated heterocycles. The van der Waals surface area contributed by atoms with Crippen LogP contribution in [-0.4, -0.2) is 19.1 Å². The normalized spacial score (nSPS) is 10.8. The summed E-state index contributed by atoms with van der Waals surface area (Å²) in [5.74, 6) is -1.26. The first-order valence-electron chi connectivity index (χ1n) is 6.50. The molecule has 106 valence electrons. The molecule has 0 saturated carbocycles. The molecule has 2 rings (SSSR count). The quantitative estimate of drug-likeness (QED) is 0.670. The molecule has 5 heteroatoms. The minimum Gasteiger partial charge on any atom is -0.478 e. The molecule has 0 unspecified atom stereocenters. The zero-order chi connectivity index (χ0) is 15.4. The molecule has 21 heavy (non-hydrogen) atoms. The molecule has 0 bridgehead atoms. The Labute approximate surface area is 123 Å². The molecule has 0 aliphatic heterocycles. The number of hydrogen-bond acceptors (Lipinski definition) is 2. The highest BCUT2D eigenvalue weighted by atomic mass is 19.1. The molecule has 0 aliphatic carbocycles. The summed E-state index contributed by atoms with van der Waals surface area (Å²) in [6.45, 7) is 1.83. The summed E-state index contributed by atoms with van der Waals surface area (Å²) >= 11 is 0. The molecule has 3 nitrogen and oxygen atoms in total. The van der Waals surface area contributed by atoms with Gasteiger partial charge < -0.3 is 10.3 Å². The number of benzene rings is 2. The van der Waals surface area contributed by atoms with E-state index in [1.165, 1.54) is 12.1 Å². The standard InChI is InChI=1S/C16H15BFNO2/c1-10-2-5-12(14(18)8-10)6-3-11-4-7-13(16(20)21)15(9-11)19-17/h2-9,19H,17H2,1H3,(H,20,21)/b6-3+. The minimum atomic E-state index is -0.987. The van der Waals surface area contributed by atoms with Gasteiger partial charge in [0.05, 0.1) is 5.56 Å². The van der Waals surface area contributed by atoms with Crippen molar-refractivity contribution < 1.29 is 14.3 Å². The van der Waals surface area contributed by atoms with E-state index >= 15 is 0 Å². The van der Waals surface area contributed by atoms with E-state index in [9.17, 15) is 9.18 Å². The van der Waals surface area contributed by atoms with Gasteiger partial charge in [0.2, 0.25) is 7.98 Å². The first kappa shape index (κ1) is 14.8. The van der Waals surface area contributed by atoms with Crippen LogP contribution in [0.1, 0.15) is 27.0 Å². The Balaban J connectivity index is 2.31. The molecule has 0 fully saturated rings. The van der Waals surface area contributed by atoms with Crippen molar-refractivity contribution in [3.63, 3.8) is 0 Å². The Morgan fingerprint density at radius 2 is 2.00 bits per heavy atom. The maximum Gasteiger partial charge on any atom is 0.337 e. The fourth-order valence-corrected chi connectivity index (χ4v) is 2.01. The van der Waals surface area contributed by atoms with Gasteiger partial charge in [0.1, 0.15) is 5.82 Å². The lowest BCUT2D eigenvalue weighted by Crippen LogP contribution is -2.03. The smallest absolute Gasteiger partial charge is 0.337 e. The molecule has 0 atom stereocenters. The van der Waals surface area contributed by atoms with E-state index in [0.29, 0.717) is 11.3 Å². The van der Waals surface area contributed by atoms with Gasteiger partial charge in [-0.2, -0.15) is 0 Å². The van der Waals surface area contributed by atoms with Crippen LogP contribution in [0.5, 0.6) is 0 Å². The van der Waals surface area contributed by atoms with Crippen molar-refractivity contribution in [2.45, 2.75) is 6.92 Å². The number of aromatic carboxylic acids is 1. The van der Waals surface area contributed by atoms with Crippen LogP contribution in [0.4, 0.5) is 10.1 Å². The van der Waals surface area contributed by atoms with Crippen LogP contribution in [0, 0.1) is 12.7 Å². The summed E-state index contributed by atoms with van der Waals surface area (Å²) in [6.07, 6.45) is 3.42. The van der Waals surface area contributed by atoms with Gasteiger partial charge in [0.25, 0.3) is 0 Å². The molecule has 2 aromatic carbocycles. The van der Waals surface area contributed by atoms with E-state index in [1.807, 2.05) is 13.0 Å². The van der Waals surface area contributed by atoms with E-state index < -0.39 is 5.97 Å². The Morgan fingerprint density at radius 3 is 2.62 bits per heavy atom. The second kappa shape index (κ2) is 6.26. The van der Waals surface area contributed by atoms with Crippen LogP contribution in [-0.2, 0) is 0 Å². The van der Waals surface area contributed by atoms with Crippen LogP contribution in [0.2, 0.25) is 0 Å². The van der Waals surface area contributed by atoms with Gasteiger partial charge >= 0.3 is 5.97 Å². The topological polar surface area (TPSA) is 49.3 Å². The number of carbonyl (C=O) groups is 1. The summed E-state index contributed by atoms with van der Waals surface area (Å²) in [5.41, 5.74) is 2.89. The van der Waals surface area contributed by atoms with Crippen LogP contribution in [0.15, 0.2) is 36.4 Å². The van der Waals surface area contributed by atoms with Crippen molar-refractivity contribution in [2.75, 3.05) is 5.23 Å². The van der Waals surface area contributed by atoms with Gasteiger partial charge in [0.15, 0.2) is 0 Å². The first-order valence-corrected chi connectivity index (χ1v) is 6.50. The number of nitrogens with one attached hydrogen (secondary N) is 1. The SMILES string of the molecule is BNc1cc(/C=C/c2ccc(C)cc2F)ccc1C(=O)O. The average Bonchev–Trinajstić information content (AvgIpc) is 2.45. The maximum absolute atomic E-state index is 13.7. The Morgan fingerprint density at radius 1 is 1.24 bits per heavy atom. The number of hydrogen-bond donors (Lipinski definition) is 2. The maximum atomic E-state index is 13.7. The third-order valence-corrected chi connectivity index (χ3v) is 3.15. The highest BCUT2D eigenvalue weighted by molar-refractivity contribution is 6.17. The number of carboxylic acid groups (broad SMARTS) is 1. The van der Waals surface area contributed by atoms with Crippen molar-refractivity contribution in [3.05, 3.63) is 64.5 Å². The lowest BCUT2D eigenvalue weighted by molar-refractivity contribution is 0.0698. The van der Waals surface area contributed by atoms with Crippen LogP contribution < -0.4 is 5.23 Å². The van der Waals surface area contributed by atoms with Crippen LogP contribution in [0.3, 0.4) is 0 Å². The third kappa shape index (κ3) is 3.51. The van der Waals surface area contributed by atoms with E-state index in [0.717, 1.165) is 11.1 Å². The average molecular weight is 283 g/mol. The molecule has 0 aromatic heterocycles. The van der Waals surface area contributed by atoms with Crippen molar-refractivity contribution in [2.24, 2.45) is 0 Å². The van der Waals surface area contributed by atoms with Gasteiger partial charge in [-0.05, 0) is 36.2 Å². The molecule has 2 aromatic rings. The summed E-state index contributed by atoms with van der Waals surface area (Å²) < 4.78 is 13.7. The lowest BCUT2D eigenvalue weighted by Gasteiger charge is -2.06. The summed E-state index contributed by atoms with van der Waals surface area (Å²) in [5, 5.41) is 11.9. The molecular weight excluding hydrogens is 268 g/mol. The predicted octanol–water partition coefficient (Wildman–Crippen LogP) is 2.96. The third-order valence-electron chi connectivity index (χ3n) is 3.15. The van der Waals surface area contributed by atoms with Crippen molar-refractivity contribution >= 4 is 31.8 Å². The fraction of sp³-hybridized carbons (Fsp3) is 0.0625. The molecule has 2 N–H and O–H groups in total. The minimum absolute atomic E-state index is 0.205. The van der Waals surface area contributed by atoms with E-state index in [-0.39, 0.29) is 11.4 Å². The van der Waals surface area contributed by atoms with E-state index in [2.05, 4.69) is 5.23 Å². The summed E-state index contributed by atoms with van der Waals surface area (Å²) in [7, 11) is 1.66. The summed E-state index contributed by atoms with van der Waals surface area (Å²) in [4.78, 5) is 11.0. The highest BCUT2D eigenvalue weighted by Gasteiger charge is 2.08. The number of rotatable bonds is 4. The number of aryl methyl sites for hydroxylation is 1.